The molecule has 0 aromatic heterocycles. The zero-order valence-corrected chi connectivity index (χ0v) is 12.9. The lowest BCUT2D eigenvalue weighted by atomic mass is 10.0. The molecule has 0 fully saturated rings. The van der Waals surface area contributed by atoms with Gasteiger partial charge in [0.15, 0.2) is 0 Å². The number of methoxy groups -OCH3 is 1. The van der Waals surface area contributed by atoms with Gasteiger partial charge >= 0.3 is 0 Å². The third kappa shape index (κ3) is 4.06. The molecular formula is C18H23NO2. The quantitative estimate of drug-likeness (QED) is 0.884. The molecular weight excluding hydrogens is 262 g/mol. The molecule has 0 aliphatic heterocycles. The zero-order valence-electron chi connectivity index (χ0n) is 12.9. The first kappa shape index (κ1) is 15.5. The highest BCUT2D eigenvalue weighted by Crippen LogP contribution is 2.23. The van der Waals surface area contributed by atoms with Gasteiger partial charge in [0.25, 0.3) is 0 Å². The van der Waals surface area contributed by atoms with Crippen LogP contribution in [-0.2, 0) is 6.54 Å². The topological polar surface area (TPSA) is 32.7 Å². The van der Waals surface area contributed by atoms with Crippen LogP contribution in [0.2, 0.25) is 0 Å². The lowest BCUT2D eigenvalue weighted by Crippen LogP contribution is -2.33. The highest BCUT2D eigenvalue weighted by molar-refractivity contribution is 5.29. The van der Waals surface area contributed by atoms with Gasteiger partial charge in [-0.15, -0.1) is 0 Å². The predicted octanol–water partition coefficient (Wildman–Crippen LogP) is 3.25. The van der Waals surface area contributed by atoms with Crippen LogP contribution in [0.25, 0.3) is 0 Å². The first-order chi connectivity index (χ1) is 10.1. The summed E-state index contributed by atoms with van der Waals surface area (Å²) in [6.45, 7) is 2.85. The molecule has 0 heterocycles. The van der Waals surface area contributed by atoms with E-state index in [1.165, 1.54) is 5.56 Å². The number of nitrogens with zero attached hydrogens (tertiary/aromatic N) is 1. The van der Waals surface area contributed by atoms with Crippen molar-refractivity contribution >= 4 is 0 Å². The smallest absolute Gasteiger partial charge is 0.118 e. The third-order valence-electron chi connectivity index (χ3n) is 3.88. The molecule has 2 atom stereocenters. The average Bonchev–Trinajstić information content (AvgIpc) is 2.54. The van der Waals surface area contributed by atoms with Crippen LogP contribution < -0.4 is 4.74 Å². The number of ether oxygens (including phenoxy) is 1. The lowest BCUT2D eigenvalue weighted by molar-refractivity contribution is 0.0688. The fraction of sp³-hybridized carbons (Fsp3) is 0.333. The minimum Gasteiger partial charge on any atom is -0.497 e. The van der Waals surface area contributed by atoms with Crippen LogP contribution in [0.5, 0.6) is 5.75 Å². The Morgan fingerprint density at radius 1 is 1.05 bits per heavy atom. The fourth-order valence-corrected chi connectivity index (χ4v) is 2.34. The number of hydrogen-bond donors (Lipinski definition) is 1. The van der Waals surface area contributed by atoms with E-state index in [9.17, 15) is 5.11 Å². The first-order valence-electron chi connectivity index (χ1n) is 7.18. The van der Waals surface area contributed by atoms with Crippen molar-refractivity contribution in [1.82, 2.24) is 4.90 Å². The maximum atomic E-state index is 10.5. The molecule has 3 nitrogen and oxygen atoms in total. The van der Waals surface area contributed by atoms with E-state index in [-0.39, 0.29) is 6.04 Å². The van der Waals surface area contributed by atoms with Crippen molar-refractivity contribution in [2.75, 3.05) is 14.2 Å². The molecule has 0 aliphatic carbocycles. The van der Waals surface area contributed by atoms with Crippen LogP contribution in [0, 0.1) is 0 Å². The van der Waals surface area contributed by atoms with E-state index in [4.69, 9.17) is 4.74 Å². The molecule has 0 saturated heterocycles. The number of hydrogen-bond acceptors (Lipinski definition) is 3. The van der Waals surface area contributed by atoms with Gasteiger partial charge in [-0.2, -0.15) is 0 Å². The number of rotatable bonds is 6. The van der Waals surface area contributed by atoms with Gasteiger partial charge in [-0.3, -0.25) is 4.90 Å². The number of aliphatic hydroxyl groups is 1. The SMILES string of the molecule is COc1ccc(C(O)C(C)N(C)Cc2ccccc2)cc1. The summed E-state index contributed by atoms with van der Waals surface area (Å²) in [5.41, 5.74) is 2.15. The van der Waals surface area contributed by atoms with Crippen LogP contribution in [-0.4, -0.2) is 30.2 Å². The summed E-state index contributed by atoms with van der Waals surface area (Å²) in [6, 6.07) is 17.9. The molecule has 112 valence electrons. The van der Waals surface area contributed by atoms with E-state index < -0.39 is 6.10 Å². The zero-order chi connectivity index (χ0) is 15.2. The highest BCUT2D eigenvalue weighted by atomic mass is 16.5. The maximum Gasteiger partial charge on any atom is 0.118 e. The Hall–Kier alpha value is -1.84. The van der Waals surface area contributed by atoms with Crippen molar-refractivity contribution in [3.05, 3.63) is 65.7 Å². The van der Waals surface area contributed by atoms with Crippen molar-refractivity contribution in [3.8, 4) is 5.75 Å². The Balaban J connectivity index is 2.01. The van der Waals surface area contributed by atoms with Crippen molar-refractivity contribution in [1.29, 1.82) is 0 Å². The average molecular weight is 285 g/mol. The summed E-state index contributed by atoms with van der Waals surface area (Å²) in [6.07, 6.45) is -0.524. The molecule has 2 aromatic rings. The third-order valence-corrected chi connectivity index (χ3v) is 3.88. The minimum absolute atomic E-state index is 0.0265. The van der Waals surface area contributed by atoms with Gasteiger partial charge < -0.3 is 9.84 Å². The molecule has 2 unspecified atom stereocenters. The largest absolute Gasteiger partial charge is 0.497 e. The normalized spacial score (nSPS) is 14.0. The molecule has 0 amide bonds. The van der Waals surface area contributed by atoms with Crippen LogP contribution in [0.3, 0.4) is 0 Å². The second-order valence-electron chi connectivity index (χ2n) is 5.36. The number of benzene rings is 2. The van der Waals surface area contributed by atoms with Gasteiger partial charge in [0.05, 0.1) is 13.2 Å². The van der Waals surface area contributed by atoms with Crippen molar-refractivity contribution in [2.45, 2.75) is 25.6 Å². The minimum atomic E-state index is -0.524. The van der Waals surface area contributed by atoms with Crippen molar-refractivity contribution < 1.29 is 9.84 Å². The molecule has 2 aromatic carbocycles. The van der Waals surface area contributed by atoms with E-state index in [1.807, 2.05) is 56.4 Å². The van der Waals surface area contributed by atoms with Crippen LogP contribution in [0.4, 0.5) is 0 Å². The van der Waals surface area contributed by atoms with Crippen LogP contribution >= 0.6 is 0 Å². The Labute approximate surface area is 126 Å². The van der Waals surface area contributed by atoms with Gasteiger partial charge in [0.1, 0.15) is 5.75 Å². The maximum absolute atomic E-state index is 10.5. The number of likely N-dealkylation sites (N-methyl/N-ethyl adjacent to an activating group) is 1. The molecule has 0 spiro atoms. The van der Waals surface area contributed by atoms with E-state index in [0.29, 0.717) is 0 Å². The lowest BCUT2D eigenvalue weighted by Gasteiger charge is -2.29. The predicted molar refractivity (Wildman–Crippen MR) is 85.3 cm³/mol. The summed E-state index contributed by atoms with van der Waals surface area (Å²) >= 11 is 0. The summed E-state index contributed by atoms with van der Waals surface area (Å²) in [5.74, 6) is 0.802. The molecule has 21 heavy (non-hydrogen) atoms. The van der Waals surface area contributed by atoms with E-state index in [2.05, 4.69) is 17.0 Å². The Morgan fingerprint density at radius 3 is 2.24 bits per heavy atom. The molecule has 3 heteroatoms. The van der Waals surface area contributed by atoms with Gasteiger partial charge in [0.2, 0.25) is 0 Å². The van der Waals surface area contributed by atoms with Gasteiger partial charge in [0, 0.05) is 12.6 Å². The summed E-state index contributed by atoms with van der Waals surface area (Å²) in [5, 5.41) is 10.5. The summed E-state index contributed by atoms with van der Waals surface area (Å²) < 4.78 is 5.14. The van der Waals surface area contributed by atoms with Gasteiger partial charge in [-0.05, 0) is 37.2 Å². The summed E-state index contributed by atoms with van der Waals surface area (Å²) in [7, 11) is 3.67. The van der Waals surface area contributed by atoms with Gasteiger partial charge in [-0.25, -0.2) is 0 Å². The van der Waals surface area contributed by atoms with E-state index >= 15 is 0 Å². The summed E-state index contributed by atoms with van der Waals surface area (Å²) in [4.78, 5) is 2.16. The molecule has 2 rings (SSSR count). The van der Waals surface area contributed by atoms with Crippen LogP contribution in [0.15, 0.2) is 54.6 Å². The van der Waals surface area contributed by atoms with E-state index in [0.717, 1.165) is 17.9 Å². The standard InChI is InChI=1S/C18H23NO2/c1-14(19(2)13-15-7-5-4-6-8-15)18(20)16-9-11-17(21-3)12-10-16/h4-12,14,18,20H,13H2,1-3H3. The molecule has 0 bridgehead atoms. The van der Waals surface area contributed by atoms with E-state index in [1.54, 1.807) is 7.11 Å². The molecule has 0 saturated carbocycles. The molecule has 1 N–H and O–H groups in total. The number of aliphatic hydroxyl groups excluding tert-OH is 1. The first-order valence-corrected chi connectivity index (χ1v) is 7.18. The van der Waals surface area contributed by atoms with Crippen molar-refractivity contribution in [2.24, 2.45) is 0 Å². The molecule has 0 radical (unpaired) electrons. The highest BCUT2D eigenvalue weighted by Gasteiger charge is 2.20. The van der Waals surface area contributed by atoms with Crippen molar-refractivity contribution in [3.63, 3.8) is 0 Å². The Morgan fingerprint density at radius 2 is 1.67 bits per heavy atom. The van der Waals surface area contributed by atoms with Crippen LogP contribution in [0.1, 0.15) is 24.2 Å². The second kappa shape index (κ2) is 7.25. The van der Waals surface area contributed by atoms with Gasteiger partial charge in [-0.1, -0.05) is 42.5 Å². The second-order valence-corrected chi connectivity index (χ2v) is 5.36. The monoisotopic (exact) mass is 285 g/mol. The Kier molecular flexibility index (Phi) is 5.37. The Bertz CT molecular complexity index is 539. The fourth-order valence-electron chi connectivity index (χ4n) is 2.34. The molecule has 0 aliphatic rings.